The van der Waals surface area contributed by atoms with Gasteiger partial charge in [0, 0.05) is 5.56 Å². The maximum atomic E-state index is 11.2. The van der Waals surface area contributed by atoms with Gasteiger partial charge in [-0.05, 0) is 28.7 Å². The zero-order valence-corrected chi connectivity index (χ0v) is 9.91. The Morgan fingerprint density at radius 2 is 2.00 bits per heavy atom. The van der Waals surface area contributed by atoms with E-state index >= 15 is 0 Å². The van der Waals surface area contributed by atoms with Gasteiger partial charge in [-0.3, -0.25) is 0 Å². The van der Waals surface area contributed by atoms with Crippen LogP contribution in [0.2, 0.25) is 0 Å². The van der Waals surface area contributed by atoms with Gasteiger partial charge < -0.3 is 10.1 Å². The molecule has 2 heterocycles. The average Bonchev–Trinajstić information content (AvgIpc) is 2.85. The molecule has 0 radical (unpaired) electrons. The van der Waals surface area contributed by atoms with Crippen LogP contribution in [-0.2, 0) is 4.79 Å². The molecule has 0 saturated heterocycles. The predicted octanol–water partition coefficient (Wildman–Crippen LogP) is 3.28. The Bertz CT molecular complexity index is 571. The summed E-state index contributed by atoms with van der Waals surface area (Å²) >= 11 is 1.63. The van der Waals surface area contributed by atoms with E-state index in [9.17, 15) is 4.79 Å². The first-order valence-electron chi connectivity index (χ1n) is 5.45. The van der Waals surface area contributed by atoms with Crippen LogP contribution in [0.15, 0.2) is 41.8 Å². The van der Waals surface area contributed by atoms with Crippen molar-refractivity contribution in [1.29, 1.82) is 0 Å². The van der Waals surface area contributed by atoms with Crippen LogP contribution in [0.25, 0.3) is 11.6 Å². The number of anilines is 1. The van der Waals surface area contributed by atoms with Crippen molar-refractivity contribution in [3.05, 3.63) is 52.9 Å². The molecule has 0 spiro atoms. The predicted molar refractivity (Wildman–Crippen MR) is 72.1 cm³/mol. The molecule has 2 nitrogen and oxygen atoms in total. The fourth-order valence-electron chi connectivity index (χ4n) is 2.03. The molecule has 17 heavy (non-hydrogen) atoms. The molecule has 3 heteroatoms. The molecule has 1 N–H and O–H groups in total. The number of fused-ring (bicyclic) bond motifs is 1. The lowest BCUT2D eigenvalue weighted by molar-refractivity contribution is -0.107. The van der Waals surface area contributed by atoms with Crippen LogP contribution >= 0.6 is 11.3 Å². The number of benzene rings is 1. The molecule has 0 bridgehead atoms. The van der Waals surface area contributed by atoms with E-state index in [1.807, 2.05) is 35.7 Å². The van der Waals surface area contributed by atoms with Gasteiger partial charge in [-0.1, -0.05) is 30.3 Å². The van der Waals surface area contributed by atoms with Crippen LogP contribution in [0.3, 0.4) is 0 Å². The summed E-state index contributed by atoms with van der Waals surface area (Å²) in [5.41, 5.74) is 3.28. The third-order valence-electron chi connectivity index (χ3n) is 2.87. The molecule has 1 aromatic carbocycles. The number of carbonyl (C=O) groups excluding carboxylic acids is 1. The van der Waals surface area contributed by atoms with Crippen LogP contribution in [0, 0.1) is 0 Å². The van der Waals surface area contributed by atoms with Crippen molar-refractivity contribution in [2.75, 3.05) is 5.32 Å². The minimum atomic E-state index is -0.247. The second-order valence-electron chi connectivity index (χ2n) is 3.93. The zero-order valence-electron chi connectivity index (χ0n) is 9.09. The maximum Gasteiger partial charge on any atom is 0.146 e. The minimum Gasteiger partial charge on any atom is -0.363 e. The lowest BCUT2D eigenvalue weighted by atomic mass is 9.95. The Hall–Kier alpha value is -1.87. The van der Waals surface area contributed by atoms with Crippen LogP contribution in [0.5, 0.6) is 0 Å². The van der Waals surface area contributed by atoms with Crippen molar-refractivity contribution >= 4 is 34.3 Å². The number of hydrogen-bond acceptors (Lipinski definition) is 3. The van der Waals surface area contributed by atoms with Gasteiger partial charge >= 0.3 is 0 Å². The fraction of sp³-hybridized carbons (Fsp3) is 0.0714. The lowest BCUT2D eigenvalue weighted by Gasteiger charge is -2.22. The largest absolute Gasteiger partial charge is 0.363 e. The summed E-state index contributed by atoms with van der Waals surface area (Å²) < 4.78 is 0. The zero-order chi connectivity index (χ0) is 11.7. The number of hydrogen-bond donors (Lipinski definition) is 1. The molecule has 1 aromatic heterocycles. The van der Waals surface area contributed by atoms with E-state index in [2.05, 4.69) is 17.5 Å². The van der Waals surface area contributed by atoms with E-state index in [-0.39, 0.29) is 6.04 Å². The van der Waals surface area contributed by atoms with Gasteiger partial charge in [-0.2, -0.15) is 0 Å². The lowest BCUT2D eigenvalue weighted by Crippen LogP contribution is -2.24. The van der Waals surface area contributed by atoms with Crippen molar-refractivity contribution in [3.63, 3.8) is 0 Å². The Morgan fingerprint density at radius 1 is 1.18 bits per heavy atom. The van der Waals surface area contributed by atoms with Gasteiger partial charge in [0.2, 0.25) is 0 Å². The van der Waals surface area contributed by atoms with E-state index in [0.29, 0.717) is 0 Å². The Morgan fingerprint density at radius 3 is 2.76 bits per heavy atom. The molecule has 1 atom stereocenters. The number of thiophene rings is 1. The number of aldehydes is 1. The quantitative estimate of drug-likeness (QED) is 0.817. The van der Waals surface area contributed by atoms with Crippen molar-refractivity contribution in [2.45, 2.75) is 6.04 Å². The molecule has 0 saturated carbocycles. The topological polar surface area (TPSA) is 29.1 Å². The van der Waals surface area contributed by atoms with Crippen molar-refractivity contribution in [2.24, 2.45) is 0 Å². The number of rotatable bonds is 2. The average molecular weight is 241 g/mol. The first-order chi connectivity index (χ1) is 8.38. The van der Waals surface area contributed by atoms with E-state index in [1.165, 1.54) is 0 Å². The molecule has 1 unspecified atom stereocenters. The van der Waals surface area contributed by atoms with Gasteiger partial charge in [-0.15, -0.1) is 11.3 Å². The van der Waals surface area contributed by atoms with Gasteiger partial charge in [0.05, 0.1) is 5.00 Å². The molecule has 2 aromatic rings. The minimum absolute atomic E-state index is 0.247. The van der Waals surface area contributed by atoms with Crippen molar-refractivity contribution in [3.8, 4) is 0 Å². The Labute approximate surface area is 104 Å². The Balaban J connectivity index is 2.11. The SMILES string of the molecule is O=CC1Nc2sccc2C=C1c1ccccc1. The summed E-state index contributed by atoms with van der Waals surface area (Å²) in [5.74, 6) is 0. The highest BCUT2D eigenvalue weighted by Crippen LogP contribution is 2.35. The molecule has 3 rings (SSSR count). The molecular formula is C14H11NOS. The standard InChI is InChI=1S/C14H11NOS/c16-9-13-12(10-4-2-1-3-5-10)8-11-6-7-17-14(11)15-13/h1-9,13,15H. The number of nitrogens with one attached hydrogen (secondary N) is 1. The third-order valence-corrected chi connectivity index (χ3v) is 3.73. The second kappa shape index (κ2) is 4.18. The summed E-state index contributed by atoms with van der Waals surface area (Å²) in [6, 6.07) is 11.8. The number of carbonyl (C=O) groups is 1. The van der Waals surface area contributed by atoms with E-state index in [1.54, 1.807) is 11.3 Å². The third kappa shape index (κ3) is 1.78. The van der Waals surface area contributed by atoms with Crippen LogP contribution in [-0.4, -0.2) is 12.3 Å². The van der Waals surface area contributed by atoms with E-state index in [4.69, 9.17) is 0 Å². The molecule has 84 valence electrons. The highest BCUT2D eigenvalue weighted by Gasteiger charge is 2.21. The highest BCUT2D eigenvalue weighted by molar-refractivity contribution is 7.14. The molecule has 0 aliphatic carbocycles. The molecular weight excluding hydrogens is 230 g/mol. The maximum absolute atomic E-state index is 11.2. The monoisotopic (exact) mass is 241 g/mol. The van der Waals surface area contributed by atoms with Gasteiger partial charge in [0.25, 0.3) is 0 Å². The first-order valence-corrected chi connectivity index (χ1v) is 6.33. The first kappa shape index (κ1) is 10.3. The van der Waals surface area contributed by atoms with Crippen molar-refractivity contribution in [1.82, 2.24) is 0 Å². The second-order valence-corrected chi connectivity index (χ2v) is 4.84. The smallest absolute Gasteiger partial charge is 0.146 e. The van der Waals surface area contributed by atoms with Crippen molar-refractivity contribution < 1.29 is 4.79 Å². The van der Waals surface area contributed by atoms with E-state index < -0.39 is 0 Å². The molecule has 1 aliphatic rings. The molecule has 0 amide bonds. The van der Waals surface area contributed by atoms with Crippen LogP contribution < -0.4 is 5.32 Å². The molecule has 0 fully saturated rings. The highest BCUT2D eigenvalue weighted by atomic mass is 32.1. The summed E-state index contributed by atoms with van der Waals surface area (Å²) in [6.45, 7) is 0. The summed E-state index contributed by atoms with van der Waals surface area (Å²) in [4.78, 5) is 11.2. The summed E-state index contributed by atoms with van der Waals surface area (Å²) in [5, 5.41) is 6.36. The summed E-state index contributed by atoms with van der Waals surface area (Å²) in [6.07, 6.45) is 3.05. The fourth-order valence-corrected chi connectivity index (χ4v) is 2.84. The van der Waals surface area contributed by atoms with Gasteiger partial charge in [-0.25, -0.2) is 0 Å². The van der Waals surface area contributed by atoms with Gasteiger partial charge in [0.1, 0.15) is 12.3 Å². The van der Waals surface area contributed by atoms with E-state index in [0.717, 1.165) is 28.0 Å². The van der Waals surface area contributed by atoms with Crippen LogP contribution in [0.4, 0.5) is 5.00 Å². The van der Waals surface area contributed by atoms with Crippen LogP contribution in [0.1, 0.15) is 11.1 Å². The Kier molecular flexibility index (Phi) is 2.53. The normalized spacial score (nSPS) is 17.9. The molecule has 1 aliphatic heterocycles. The summed E-state index contributed by atoms with van der Waals surface area (Å²) in [7, 11) is 0. The van der Waals surface area contributed by atoms with Gasteiger partial charge in [0.15, 0.2) is 0 Å².